The molecule has 1 aliphatic heterocycles. The van der Waals surface area contributed by atoms with E-state index in [0.717, 1.165) is 19.4 Å². The highest BCUT2D eigenvalue weighted by Crippen LogP contribution is 2.35. The number of carboxylic acids is 1. The fourth-order valence-corrected chi connectivity index (χ4v) is 3.81. The van der Waals surface area contributed by atoms with Crippen LogP contribution in [0.15, 0.2) is 0 Å². The molecule has 2 aliphatic rings. The molecule has 2 rings (SSSR count). The second-order valence-electron chi connectivity index (χ2n) is 6.10. The summed E-state index contributed by atoms with van der Waals surface area (Å²) in [6, 6.07) is -0.486. The summed E-state index contributed by atoms with van der Waals surface area (Å²) in [4.78, 5) is 27.2. The van der Waals surface area contributed by atoms with Crippen molar-refractivity contribution < 1.29 is 14.7 Å². The molecule has 0 bridgehead atoms. The molecule has 20 heavy (non-hydrogen) atoms. The molecule has 0 radical (unpaired) electrons. The molecule has 0 aromatic carbocycles. The van der Waals surface area contributed by atoms with Crippen LogP contribution in [0.2, 0.25) is 0 Å². The van der Waals surface area contributed by atoms with Gasteiger partial charge in [0.15, 0.2) is 0 Å². The van der Waals surface area contributed by atoms with Crippen LogP contribution < -0.4 is 0 Å². The van der Waals surface area contributed by atoms with E-state index in [4.69, 9.17) is 0 Å². The lowest BCUT2D eigenvalue weighted by atomic mass is 9.96. The zero-order chi connectivity index (χ0) is 14.7. The molecular weight excluding hydrogens is 256 g/mol. The van der Waals surface area contributed by atoms with Crippen molar-refractivity contribution in [2.75, 3.05) is 13.6 Å². The fourth-order valence-electron chi connectivity index (χ4n) is 3.81. The minimum Gasteiger partial charge on any atom is -0.480 e. The Morgan fingerprint density at radius 2 is 1.90 bits per heavy atom. The Bertz CT molecular complexity index is 366. The van der Waals surface area contributed by atoms with Gasteiger partial charge in [-0.25, -0.2) is 9.59 Å². The Hall–Kier alpha value is -1.26. The molecule has 5 heteroatoms. The van der Waals surface area contributed by atoms with Gasteiger partial charge in [-0.3, -0.25) is 0 Å². The van der Waals surface area contributed by atoms with Crippen molar-refractivity contribution in [1.29, 1.82) is 0 Å². The number of hydrogen-bond acceptors (Lipinski definition) is 2. The summed E-state index contributed by atoms with van der Waals surface area (Å²) in [7, 11) is 1.62. The van der Waals surface area contributed by atoms with Crippen molar-refractivity contribution in [2.24, 2.45) is 5.92 Å². The molecule has 0 aromatic rings. The van der Waals surface area contributed by atoms with Gasteiger partial charge in [-0.05, 0) is 38.0 Å². The number of carbonyl (C=O) groups excluding carboxylic acids is 1. The van der Waals surface area contributed by atoms with E-state index in [0.29, 0.717) is 18.4 Å². The molecule has 5 nitrogen and oxygen atoms in total. The predicted octanol–water partition coefficient (Wildman–Crippen LogP) is 2.56. The first-order valence-corrected chi connectivity index (χ1v) is 7.82. The van der Waals surface area contributed by atoms with Crippen LogP contribution in [-0.2, 0) is 4.79 Å². The van der Waals surface area contributed by atoms with Gasteiger partial charge in [0.1, 0.15) is 6.04 Å². The minimum atomic E-state index is -0.917. The van der Waals surface area contributed by atoms with Gasteiger partial charge in [0.25, 0.3) is 0 Å². The SMILES string of the molecule is CCC(C(=O)O)N(C)C(=O)N1CCCC1C1CCCC1. The maximum absolute atomic E-state index is 12.6. The van der Waals surface area contributed by atoms with E-state index in [2.05, 4.69) is 0 Å². The van der Waals surface area contributed by atoms with Crippen LogP contribution >= 0.6 is 0 Å². The van der Waals surface area contributed by atoms with E-state index in [1.54, 1.807) is 14.0 Å². The number of likely N-dealkylation sites (tertiary alicyclic amines) is 1. The summed E-state index contributed by atoms with van der Waals surface area (Å²) >= 11 is 0. The molecule has 1 N–H and O–H groups in total. The van der Waals surface area contributed by atoms with Crippen LogP contribution in [0.25, 0.3) is 0 Å². The number of likely N-dealkylation sites (N-methyl/N-ethyl adjacent to an activating group) is 1. The number of urea groups is 1. The van der Waals surface area contributed by atoms with Gasteiger partial charge in [0, 0.05) is 19.6 Å². The second-order valence-corrected chi connectivity index (χ2v) is 6.10. The molecule has 2 atom stereocenters. The molecule has 1 aliphatic carbocycles. The predicted molar refractivity (Wildman–Crippen MR) is 76.6 cm³/mol. The third-order valence-corrected chi connectivity index (χ3v) is 4.93. The Morgan fingerprint density at radius 1 is 1.25 bits per heavy atom. The topological polar surface area (TPSA) is 60.9 Å². The number of aliphatic carboxylic acids is 1. The number of carbonyl (C=O) groups is 2. The average Bonchev–Trinajstić information content (AvgIpc) is 3.08. The first kappa shape index (κ1) is 15.1. The number of hydrogen-bond donors (Lipinski definition) is 1. The van der Waals surface area contributed by atoms with E-state index in [9.17, 15) is 14.7 Å². The first-order chi connectivity index (χ1) is 9.56. The van der Waals surface area contributed by atoms with Crippen molar-refractivity contribution in [3.05, 3.63) is 0 Å². The van der Waals surface area contributed by atoms with Crippen molar-refractivity contribution in [2.45, 2.75) is 64.0 Å². The lowest BCUT2D eigenvalue weighted by molar-refractivity contribution is -0.142. The normalized spacial score (nSPS) is 24.9. The third-order valence-electron chi connectivity index (χ3n) is 4.93. The van der Waals surface area contributed by atoms with Crippen molar-refractivity contribution in [1.82, 2.24) is 9.80 Å². The highest BCUT2D eigenvalue weighted by Gasteiger charge is 2.38. The van der Waals surface area contributed by atoms with E-state index in [1.165, 1.54) is 30.6 Å². The molecular formula is C15H26N2O3. The lowest BCUT2D eigenvalue weighted by Crippen LogP contribution is -2.51. The van der Waals surface area contributed by atoms with Crippen LogP contribution in [0, 0.1) is 5.92 Å². The summed E-state index contributed by atoms with van der Waals surface area (Å²) in [5.74, 6) is -0.292. The van der Waals surface area contributed by atoms with Crippen LogP contribution in [-0.4, -0.2) is 52.6 Å². The van der Waals surface area contributed by atoms with Crippen LogP contribution in [0.5, 0.6) is 0 Å². The summed E-state index contributed by atoms with van der Waals surface area (Å²) in [5.41, 5.74) is 0. The van der Waals surface area contributed by atoms with Gasteiger partial charge in [-0.1, -0.05) is 19.8 Å². The van der Waals surface area contributed by atoms with Crippen molar-refractivity contribution in [3.8, 4) is 0 Å². The van der Waals surface area contributed by atoms with Gasteiger partial charge in [-0.2, -0.15) is 0 Å². The highest BCUT2D eigenvalue weighted by molar-refractivity contribution is 5.82. The number of nitrogens with zero attached hydrogens (tertiary/aromatic N) is 2. The maximum atomic E-state index is 12.6. The fraction of sp³-hybridized carbons (Fsp3) is 0.867. The Morgan fingerprint density at radius 3 is 2.45 bits per heavy atom. The van der Waals surface area contributed by atoms with E-state index < -0.39 is 12.0 Å². The lowest BCUT2D eigenvalue weighted by Gasteiger charge is -2.34. The second kappa shape index (κ2) is 6.46. The molecule has 0 spiro atoms. The van der Waals surface area contributed by atoms with Gasteiger partial charge in [0.2, 0.25) is 0 Å². The Balaban J connectivity index is 2.04. The van der Waals surface area contributed by atoms with Gasteiger partial charge in [-0.15, -0.1) is 0 Å². The summed E-state index contributed by atoms with van der Waals surface area (Å²) < 4.78 is 0. The Labute approximate surface area is 120 Å². The van der Waals surface area contributed by atoms with Crippen molar-refractivity contribution >= 4 is 12.0 Å². The van der Waals surface area contributed by atoms with Gasteiger partial charge < -0.3 is 14.9 Å². The molecule has 1 saturated heterocycles. The standard InChI is InChI=1S/C15H26N2O3/c1-3-12(14(18)19)16(2)15(20)17-10-6-9-13(17)11-7-4-5-8-11/h11-13H,3-10H2,1-2H3,(H,18,19). The summed E-state index contributed by atoms with van der Waals surface area (Å²) in [5, 5.41) is 9.20. The first-order valence-electron chi connectivity index (χ1n) is 7.82. The van der Waals surface area contributed by atoms with Crippen LogP contribution in [0.4, 0.5) is 4.79 Å². The van der Waals surface area contributed by atoms with Crippen molar-refractivity contribution in [3.63, 3.8) is 0 Å². The number of carboxylic acid groups (broad SMARTS) is 1. The van der Waals surface area contributed by atoms with E-state index in [-0.39, 0.29) is 6.03 Å². The molecule has 1 saturated carbocycles. The average molecular weight is 282 g/mol. The monoisotopic (exact) mass is 282 g/mol. The summed E-state index contributed by atoms with van der Waals surface area (Å²) in [6.45, 7) is 2.58. The highest BCUT2D eigenvalue weighted by atomic mass is 16.4. The van der Waals surface area contributed by atoms with Gasteiger partial charge in [0.05, 0.1) is 0 Å². The minimum absolute atomic E-state index is 0.103. The molecule has 2 unspecified atom stereocenters. The smallest absolute Gasteiger partial charge is 0.326 e. The van der Waals surface area contributed by atoms with E-state index in [1.807, 2.05) is 4.90 Å². The Kier molecular flexibility index (Phi) is 4.89. The zero-order valence-electron chi connectivity index (χ0n) is 12.5. The summed E-state index contributed by atoms with van der Waals surface area (Å²) in [6.07, 6.45) is 7.54. The zero-order valence-corrected chi connectivity index (χ0v) is 12.5. The number of rotatable bonds is 4. The quantitative estimate of drug-likeness (QED) is 0.862. The molecule has 0 aromatic heterocycles. The molecule has 1 heterocycles. The molecule has 2 fully saturated rings. The van der Waals surface area contributed by atoms with Gasteiger partial charge >= 0.3 is 12.0 Å². The molecule has 2 amide bonds. The van der Waals surface area contributed by atoms with Crippen LogP contribution in [0.3, 0.4) is 0 Å². The third kappa shape index (κ3) is 2.91. The van der Waals surface area contributed by atoms with Crippen LogP contribution in [0.1, 0.15) is 51.9 Å². The maximum Gasteiger partial charge on any atom is 0.326 e. The number of amides is 2. The largest absolute Gasteiger partial charge is 0.480 e. The molecule has 114 valence electrons. The van der Waals surface area contributed by atoms with E-state index >= 15 is 0 Å².